The van der Waals surface area contributed by atoms with Gasteiger partial charge in [0.2, 0.25) is 5.95 Å². The molecule has 2 heterocycles. The van der Waals surface area contributed by atoms with E-state index in [9.17, 15) is 14.4 Å². The fraction of sp³-hybridized carbons (Fsp3) is 0.250. The van der Waals surface area contributed by atoms with Crippen LogP contribution >= 0.6 is 0 Å². The summed E-state index contributed by atoms with van der Waals surface area (Å²) in [5, 5.41) is 2.43. The molecule has 0 aromatic carbocycles. The van der Waals surface area contributed by atoms with E-state index in [0.29, 0.717) is 11.4 Å². The summed E-state index contributed by atoms with van der Waals surface area (Å²) in [6, 6.07) is 1.76. The number of amides is 1. The Labute approximate surface area is 113 Å². The summed E-state index contributed by atoms with van der Waals surface area (Å²) < 4.78 is 0.817. The van der Waals surface area contributed by atoms with Crippen LogP contribution in [0.15, 0.2) is 21.9 Å². The highest BCUT2D eigenvalue weighted by Gasteiger charge is 2.14. The van der Waals surface area contributed by atoms with Gasteiger partial charge in [0.15, 0.2) is 0 Å². The maximum atomic E-state index is 12.0. The minimum atomic E-state index is -0.685. The van der Waals surface area contributed by atoms with Crippen LogP contribution in [0.4, 0.5) is 5.95 Å². The van der Waals surface area contributed by atoms with Crippen LogP contribution in [0.2, 0.25) is 0 Å². The number of hydrogen-bond acceptors (Lipinski definition) is 5. The van der Waals surface area contributed by atoms with Gasteiger partial charge >= 0.3 is 5.69 Å². The molecular formula is C12H13N5O3. The summed E-state index contributed by atoms with van der Waals surface area (Å²) in [4.78, 5) is 45.4. The normalized spacial score (nSPS) is 10.3. The van der Waals surface area contributed by atoms with Crippen LogP contribution < -0.4 is 16.6 Å². The molecule has 0 aliphatic carbocycles. The van der Waals surface area contributed by atoms with E-state index in [2.05, 4.69) is 20.3 Å². The molecular weight excluding hydrogens is 262 g/mol. The zero-order valence-electron chi connectivity index (χ0n) is 11.2. The SMILES string of the molecule is Cc1cc(C)nc(NC(=O)c2c[nH]c(=O)n(C)c2=O)n1. The highest BCUT2D eigenvalue weighted by Crippen LogP contribution is 2.04. The van der Waals surface area contributed by atoms with E-state index in [0.717, 1.165) is 10.8 Å². The first kappa shape index (κ1) is 13.7. The Bertz CT molecular complexity index is 770. The molecule has 0 radical (unpaired) electrons. The number of aromatic nitrogens is 4. The van der Waals surface area contributed by atoms with Crippen molar-refractivity contribution in [3.63, 3.8) is 0 Å². The Hall–Kier alpha value is -2.77. The average molecular weight is 275 g/mol. The maximum absolute atomic E-state index is 12.0. The monoisotopic (exact) mass is 275 g/mol. The van der Waals surface area contributed by atoms with Crippen molar-refractivity contribution in [3.05, 3.63) is 50.1 Å². The molecule has 2 aromatic rings. The van der Waals surface area contributed by atoms with Gasteiger partial charge in [-0.05, 0) is 19.9 Å². The fourth-order valence-electron chi connectivity index (χ4n) is 1.68. The second-order valence-corrected chi connectivity index (χ2v) is 4.30. The molecule has 0 aliphatic rings. The Kier molecular flexibility index (Phi) is 3.47. The fourth-order valence-corrected chi connectivity index (χ4v) is 1.68. The van der Waals surface area contributed by atoms with Crippen LogP contribution in [0.1, 0.15) is 21.7 Å². The number of anilines is 1. The van der Waals surface area contributed by atoms with E-state index in [4.69, 9.17) is 0 Å². The molecule has 2 aromatic heterocycles. The molecule has 20 heavy (non-hydrogen) atoms. The highest BCUT2D eigenvalue weighted by atomic mass is 16.2. The number of carbonyl (C=O) groups excluding carboxylic acids is 1. The molecule has 0 aliphatic heterocycles. The zero-order chi connectivity index (χ0) is 14.9. The van der Waals surface area contributed by atoms with Gasteiger partial charge in [-0.15, -0.1) is 0 Å². The smallest absolute Gasteiger partial charge is 0.313 e. The van der Waals surface area contributed by atoms with Gasteiger partial charge in [0.05, 0.1) is 0 Å². The molecule has 2 rings (SSSR count). The lowest BCUT2D eigenvalue weighted by molar-refractivity contribution is 0.102. The number of hydrogen-bond donors (Lipinski definition) is 2. The number of rotatable bonds is 2. The predicted octanol–water partition coefficient (Wildman–Crippen LogP) is -0.267. The predicted molar refractivity (Wildman–Crippen MR) is 71.8 cm³/mol. The summed E-state index contributed by atoms with van der Waals surface area (Å²) in [5.41, 5.74) is -0.0657. The summed E-state index contributed by atoms with van der Waals surface area (Å²) in [6.07, 6.45) is 1.07. The van der Waals surface area contributed by atoms with E-state index >= 15 is 0 Å². The Morgan fingerprint density at radius 2 is 1.85 bits per heavy atom. The molecule has 0 spiro atoms. The lowest BCUT2D eigenvalue weighted by Crippen LogP contribution is -2.37. The van der Waals surface area contributed by atoms with E-state index in [1.54, 1.807) is 19.9 Å². The molecule has 0 saturated carbocycles. The van der Waals surface area contributed by atoms with Crippen molar-refractivity contribution in [1.82, 2.24) is 19.5 Å². The first-order chi connectivity index (χ1) is 9.38. The van der Waals surface area contributed by atoms with Gasteiger partial charge in [-0.1, -0.05) is 0 Å². The van der Waals surface area contributed by atoms with Crippen LogP contribution in [0.25, 0.3) is 0 Å². The summed E-state index contributed by atoms with van der Waals surface area (Å²) in [5.74, 6) is -0.562. The second kappa shape index (κ2) is 5.08. The van der Waals surface area contributed by atoms with Crippen LogP contribution in [-0.2, 0) is 7.05 Å². The molecule has 2 N–H and O–H groups in total. The average Bonchev–Trinajstić information content (AvgIpc) is 2.34. The second-order valence-electron chi connectivity index (χ2n) is 4.30. The van der Waals surface area contributed by atoms with E-state index in [1.165, 1.54) is 7.05 Å². The van der Waals surface area contributed by atoms with Crippen LogP contribution in [0.3, 0.4) is 0 Å². The molecule has 0 bridgehead atoms. The third-order valence-electron chi connectivity index (χ3n) is 2.63. The van der Waals surface area contributed by atoms with Crippen molar-refractivity contribution in [1.29, 1.82) is 0 Å². The molecule has 8 heteroatoms. The van der Waals surface area contributed by atoms with E-state index in [1.807, 2.05) is 0 Å². The molecule has 0 atom stereocenters. The number of nitrogens with zero attached hydrogens (tertiary/aromatic N) is 3. The number of H-pyrrole nitrogens is 1. The van der Waals surface area contributed by atoms with Gasteiger partial charge in [0.25, 0.3) is 11.5 Å². The number of nitrogens with one attached hydrogen (secondary N) is 2. The van der Waals surface area contributed by atoms with E-state index in [-0.39, 0.29) is 11.5 Å². The van der Waals surface area contributed by atoms with Crippen LogP contribution in [0.5, 0.6) is 0 Å². The van der Waals surface area contributed by atoms with Crippen molar-refractivity contribution in [2.45, 2.75) is 13.8 Å². The van der Waals surface area contributed by atoms with Gasteiger partial charge in [-0.2, -0.15) is 0 Å². The summed E-state index contributed by atoms with van der Waals surface area (Å²) in [6.45, 7) is 3.53. The highest BCUT2D eigenvalue weighted by molar-refractivity contribution is 6.02. The van der Waals surface area contributed by atoms with Crippen molar-refractivity contribution in [3.8, 4) is 0 Å². The lowest BCUT2D eigenvalue weighted by Gasteiger charge is -2.05. The number of aromatic amines is 1. The minimum absolute atomic E-state index is 0.112. The Morgan fingerprint density at radius 1 is 1.25 bits per heavy atom. The van der Waals surface area contributed by atoms with Gasteiger partial charge in [0, 0.05) is 24.6 Å². The van der Waals surface area contributed by atoms with Crippen molar-refractivity contribution in [2.75, 3.05) is 5.32 Å². The van der Waals surface area contributed by atoms with Crippen molar-refractivity contribution < 1.29 is 4.79 Å². The number of aryl methyl sites for hydroxylation is 2. The Balaban J connectivity index is 2.36. The van der Waals surface area contributed by atoms with Crippen molar-refractivity contribution in [2.24, 2.45) is 7.05 Å². The summed E-state index contributed by atoms with van der Waals surface area (Å²) in [7, 11) is 1.28. The minimum Gasteiger partial charge on any atom is -0.313 e. The molecule has 0 unspecified atom stereocenters. The van der Waals surface area contributed by atoms with Crippen molar-refractivity contribution >= 4 is 11.9 Å². The topological polar surface area (TPSA) is 110 Å². The summed E-state index contributed by atoms with van der Waals surface area (Å²) >= 11 is 0. The van der Waals surface area contributed by atoms with E-state index < -0.39 is 17.2 Å². The standard InChI is InChI=1S/C12H13N5O3/c1-6-4-7(2)15-11(14-6)16-9(18)8-5-13-12(20)17(3)10(8)19/h4-5H,1-3H3,(H,13,20)(H,14,15,16,18). The molecule has 1 amide bonds. The quantitative estimate of drug-likeness (QED) is 0.784. The zero-order valence-corrected chi connectivity index (χ0v) is 11.2. The maximum Gasteiger partial charge on any atom is 0.328 e. The first-order valence-electron chi connectivity index (χ1n) is 5.81. The third kappa shape index (κ3) is 2.63. The molecule has 104 valence electrons. The van der Waals surface area contributed by atoms with Gasteiger partial charge in [-0.25, -0.2) is 14.8 Å². The van der Waals surface area contributed by atoms with Gasteiger partial charge in [0.1, 0.15) is 5.56 Å². The Morgan fingerprint density at radius 3 is 2.45 bits per heavy atom. The van der Waals surface area contributed by atoms with Crippen LogP contribution in [0, 0.1) is 13.8 Å². The molecule has 0 fully saturated rings. The van der Waals surface area contributed by atoms with Gasteiger partial charge in [-0.3, -0.25) is 19.5 Å². The molecule has 0 saturated heterocycles. The first-order valence-corrected chi connectivity index (χ1v) is 5.81. The number of carbonyl (C=O) groups is 1. The largest absolute Gasteiger partial charge is 0.328 e. The lowest BCUT2D eigenvalue weighted by atomic mass is 10.3. The van der Waals surface area contributed by atoms with Crippen LogP contribution in [-0.4, -0.2) is 25.4 Å². The molecule has 8 nitrogen and oxygen atoms in total. The van der Waals surface area contributed by atoms with Gasteiger partial charge < -0.3 is 4.98 Å². The third-order valence-corrected chi connectivity index (χ3v) is 2.63.